The summed E-state index contributed by atoms with van der Waals surface area (Å²) in [6.45, 7) is 1.72. The average molecular weight is 259 g/mol. The fraction of sp³-hybridized carbons (Fsp3) is 0.273. The van der Waals surface area contributed by atoms with Crippen molar-refractivity contribution in [3.63, 3.8) is 0 Å². The molecular weight excluding hydrogens is 248 g/mol. The second kappa shape index (κ2) is 5.75. The molecule has 0 saturated heterocycles. The zero-order valence-corrected chi connectivity index (χ0v) is 9.94. The molecule has 3 nitrogen and oxygen atoms in total. The van der Waals surface area contributed by atoms with Crippen molar-refractivity contribution in [1.82, 2.24) is 4.72 Å². The zero-order valence-electron chi connectivity index (χ0n) is 9.13. The van der Waals surface area contributed by atoms with Crippen LogP contribution in [0.4, 0.5) is 8.78 Å². The van der Waals surface area contributed by atoms with Gasteiger partial charge in [-0.2, -0.15) is 0 Å². The second-order valence-electron chi connectivity index (χ2n) is 3.15. The minimum atomic E-state index is -3.95. The Balaban J connectivity index is 2.85. The van der Waals surface area contributed by atoms with Crippen molar-refractivity contribution >= 4 is 10.0 Å². The molecule has 0 unspecified atom stereocenters. The molecule has 0 aliphatic heterocycles. The van der Waals surface area contributed by atoms with Crippen LogP contribution in [0.1, 0.15) is 13.3 Å². The van der Waals surface area contributed by atoms with E-state index in [1.54, 1.807) is 6.92 Å². The molecule has 1 rings (SSSR count). The Morgan fingerprint density at radius 2 is 2.06 bits per heavy atom. The lowest BCUT2D eigenvalue weighted by atomic mass is 10.3. The average Bonchev–Trinajstić information content (AvgIpc) is 2.24. The van der Waals surface area contributed by atoms with E-state index in [4.69, 9.17) is 0 Å². The first-order valence-corrected chi connectivity index (χ1v) is 6.30. The van der Waals surface area contributed by atoms with Crippen molar-refractivity contribution in [2.24, 2.45) is 0 Å². The van der Waals surface area contributed by atoms with E-state index in [2.05, 4.69) is 16.6 Å². The number of halogens is 2. The first kappa shape index (κ1) is 13.6. The molecule has 0 spiro atoms. The van der Waals surface area contributed by atoms with Crippen molar-refractivity contribution in [2.45, 2.75) is 18.2 Å². The lowest BCUT2D eigenvalue weighted by Crippen LogP contribution is -2.25. The maximum Gasteiger partial charge on any atom is 0.243 e. The van der Waals surface area contributed by atoms with E-state index in [1.165, 1.54) is 0 Å². The largest absolute Gasteiger partial charge is 0.243 e. The minimum Gasteiger partial charge on any atom is -0.210 e. The van der Waals surface area contributed by atoms with Crippen LogP contribution in [0.3, 0.4) is 0 Å². The molecule has 0 aromatic heterocycles. The molecule has 1 N–H and O–H groups in total. The van der Waals surface area contributed by atoms with Crippen LogP contribution >= 0.6 is 0 Å². The molecule has 0 fully saturated rings. The summed E-state index contributed by atoms with van der Waals surface area (Å²) >= 11 is 0. The van der Waals surface area contributed by atoms with Gasteiger partial charge in [-0.15, -0.1) is 11.8 Å². The molecule has 0 heterocycles. The molecule has 1 aromatic carbocycles. The lowest BCUT2D eigenvalue weighted by Gasteiger charge is -2.06. The van der Waals surface area contributed by atoms with Gasteiger partial charge < -0.3 is 0 Å². The van der Waals surface area contributed by atoms with Crippen LogP contribution in [0.25, 0.3) is 0 Å². The number of hydrogen-bond acceptors (Lipinski definition) is 2. The number of sulfonamides is 1. The van der Waals surface area contributed by atoms with Crippen molar-refractivity contribution in [3.05, 3.63) is 29.8 Å². The van der Waals surface area contributed by atoms with E-state index in [9.17, 15) is 17.2 Å². The van der Waals surface area contributed by atoms with Gasteiger partial charge in [0.2, 0.25) is 10.0 Å². The first-order chi connectivity index (χ1) is 7.97. The Labute approximate surface area is 98.9 Å². The third kappa shape index (κ3) is 3.80. The SMILES string of the molecule is CC#CCCNS(=O)(=O)c1ccc(F)cc1F. The summed E-state index contributed by atoms with van der Waals surface area (Å²) in [5, 5.41) is 0. The summed E-state index contributed by atoms with van der Waals surface area (Å²) in [6.07, 6.45) is 0.332. The van der Waals surface area contributed by atoms with Gasteiger partial charge in [-0.1, -0.05) is 0 Å². The molecular formula is C11H11F2NO2S. The summed E-state index contributed by atoms with van der Waals surface area (Å²) in [7, 11) is -3.95. The highest BCUT2D eigenvalue weighted by atomic mass is 32.2. The van der Waals surface area contributed by atoms with Crippen LogP contribution in [0.15, 0.2) is 23.1 Å². The third-order valence-electron chi connectivity index (χ3n) is 1.90. The van der Waals surface area contributed by atoms with Crippen molar-refractivity contribution < 1.29 is 17.2 Å². The van der Waals surface area contributed by atoms with E-state index in [0.29, 0.717) is 12.5 Å². The Bertz CT molecular complexity index is 559. The minimum absolute atomic E-state index is 0.0833. The third-order valence-corrected chi connectivity index (χ3v) is 3.40. The van der Waals surface area contributed by atoms with Gasteiger partial charge in [0.05, 0.1) is 0 Å². The van der Waals surface area contributed by atoms with Crippen molar-refractivity contribution in [3.8, 4) is 11.8 Å². The first-order valence-electron chi connectivity index (χ1n) is 4.81. The molecule has 0 aliphatic carbocycles. The van der Waals surface area contributed by atoms with Gasteiger partial charge >= 0.3 is 0 Å². The van der Waals surface area contributed by atoms with E-state index in [-0.39, 0.29) is 6.54 Å². The van der Waals surface area contributed by atoms with Gasteiger partial charge in [-0.3, -0.25) is 0 Å². The zero-order chi connectivity index (χ0) is 12.9. The van der Waals surface area contributed by atoms with Crippen molar-refractivity contribution in [1.29, 1.82) is 0 Å². The van der Waals surface area contributed by atoms with E-state index >= 15 is 0 Å². The van der Waals surface area contributed by atoms with E-state index in [1.807, 2.05) is 0 Å². The summed E-state index contributed by atoms with van der Waals surface area (Å²) in [6, 6.07) is 2.31. The molecule has 0 amide bonds. The number of benzene rings is 1. The maximum atomic E-state index is 13.2. The molecule has 0 atom stereocenters. The van der Waals surface area contributed by atoms with Gasteiger partial charge in [0, 0.05) is 19.0 Å². The number of rotatable bonds is 4. The summed E-state index contributed by atoms with van der Waals surface area (Å²) in [5.41, 5.74) is 0. The highest BCUT2D eigenvalue weighted by Crippen LogP contribution is 2.14. The monoisotopic (exact) mass is 259 g/mol. The Kier molecular flexibility index (Phi) is 4.61. The Morgan fingerprint density at radius 1 is 1.35 bits per heavy atom. The van der Waals surface area contributed by atoms with E-state index in [0.717, 1.165) is 12.1 Å². The fourth-order valence-corrected chi connectivity index (χ4v) is 2.23. The molecule has 1 aromatic rings. The Hall–Kier alpha value is -1.45. The molecule has 17 heavy (non-hydrogen) atoms. The van der Waals surface area contributed by atoms with Crippen LogP contribution in [-0.4, -0.2) is 15.0 Å². The highest BCUT2D eigenvalue weighted by Gasteiger charge is 2.18. The molecule has 92 valence electrons. The van der Waals surface area contributed by atoms with Crippen LogP contribution in [0.5, 0.6) is 0 Å². The molecule has 0 bridgehead atoms. The fourth-order valence-electron chi connectivity index (χ4n) is 1.14. The van der Waals surface area contributed by atoms with Gasteiger partial charge in [0.1, 0.15) is 16.5 Å². The lowest BCUT2D eigenvalue weighted by molar-refractivity contribution is 0.543. The predicted molar refractivity (Wildman–Crippen MR) is 59.6 cm³/mol. The normalized spacial score (nSPS) is 10.8. The number of hydrogen-bond donors (Lipinski definition) is 1. The standard InChI is InChI=1S/C11H11F2NO2S/c1-2-3-4-7-14-17(15,16)11-6-5-9(12)8-10(11)13/h5-6,8,14H,4,7H2,1H3. The maximum absolute atomic E-state index is 13.2. The van der Waals surface area contributed by atoms with Crippen molar-refractivity contribution in [2.75, 3.05) is 6.54 Å². The van der Waals surface area contributed by atoms with E-state index < -0.39 is 26.6 Å². The van der Waals surface area contributed by atoms with Crippen LogP contribution in [-0.2, 0) is 10.0 Å². The smallest absolute Gasteiger partial charge is 0.210 e. The van der Waals surface area contributed by atoms with Gasteiger partial charge in [0.25, 0.3) is 0 Å². The molecule has 6 heteroatoms. The van der Waals surface area contributed by atoms with Gasteiger partial charge in [0.15, 0.2) is 0 Å². The van der Waals surface area contributed by atoms with Crippen LogP contribution < -0.4 is 4.72 Å². The quantitative estimate of drug-likeness (QED) is 0.660. The van der Waals surface area contributed by atoms with Crippen LogP contribution in [0.2, 0.25) is 0 Å². The van der Waals surface area contributed by atoms with Gasteiger partial charge in [-0.05, 0) is 19.1 Å². The predicted octanol–water partition coefficient (Wildman–Crippen LogP) is 1.66. The second-order valence-corrected chi connectivity index (χ2v) is 4.88. The molecule has 0 saturated carbocycles. The van der Waals surface area contributed by atoms with Crippen LogP contribution in [0, 0.1) is 23.5 Å². The van der Waals surface area contributed by atoms with Gasteiger partial charge in [-0.25, -0.2) is 21.9 Å². The summed E-state index contributed by atoms with van der Waals surface area (Å²) < 4.78 is 51.2. The summed E-state index contributed by atoms with van der Waals surface area (Å²) in [5.74, 6) is 3.34. The number of nitrogens with one attached hydrogen (secondary N) is 1. The highest BCUT2D eigenvalue weighted by molar-refractivity contribution is 7.89. The molecule has 0 aliphatic rings. The summed E-state index contributed by atoms with van der Waals surface area (Å²) in [4.78, 5) is -0.566. The molecule has 0 radical (unpaired) electrons. The topological polar surface area (TPSA) is 46.2 Å². The Morgan fingerprint density at radius 3 is 2.65 bits per heavy atom.